The Balaban J connectivity index is 2.21. The minimum atomic E-state index is 0.00380. The third-order valence-electron chi connectivity index (χ3n) is 3.60. The number of nitrogens with zero attached hydrogens (tertiary/aromatic N) is 1. The highest BCUT2D eigenvalue weighted by molar-refractivity contribution is 5.94. The first-order valence-corrected chi connectivity index (χ1v) is 6.12. The summed E-state index contributed by atoms with van der Waals surface area (Å²) in [5.41, 5.74) is 3.06. The van der Waals surface area contributed by atoms with Crippen LogP contribution in [-0.4, -0.2) is 35.1 Å². The molecule has 17 heavy (non-hydrogen) atoms. The van der Waals surface area contributed by atoms with Crippen molar-refractivity contribution in [1.29, 1.82) is 0 Å². The van der Waals surface area contributed by atoms with Crippen molar-refractivity contribution in [3.05, 3.63) is 34.9 Å². The molecule has 92 valence electrons. The average molecular weight is 233 g/mol. The van der Waals surface area contributed by atoms with E-state index in [1.165, 1.54) is 5.56 Å². The Morgan fingerprint density at radius 3 is 2.82 bits per heavy atom. The van der Waals surface area contributed by atoms with Gasteiger partial charge >= 0.3 is 0 Å². The normalized spacial score (nSPS) is 19.7. The molecule has 0 spiro atoms. The van der Waals surface area contributed by atoms with Crippen LogP contribution in [0.25, 0.3) is 0 Å². The molecule has 0 saturated carbocycles. The second-order valence-electron chi connectivity index (χ2n) is 4.78. The van der Waals surface area contributed by atoms with Gasteiger partial charge in [-0.1, -0.05) is 6.07 Å². The summed E-state index contributed by atoms with van der Waals surface area (Å²) in [4.78, 5) is 14.1. The molecule has 3 nitrogen and oxygen atoms in total. The van der Waals surface area contributed by atoms with E-state index in [0.29, 0.717) is 0 Å². The quantitative estimate of drug-likeness (QED) is 0.847. The molecule has 0 aliphatic carbocycles. The van der Waals surface area contributed by atoms with Gasteiger partial charge in [0.15, 0.2) is 0 Å². The Hall–Kier alpha value is -1.35. The van der Waals surface area contributed by atoms with Gasteiger partial charge in [0.25, 0.3) is 5.91 Å². The Morgan fingerprint density at radius 2 is 2.18 bits per heavy atom. The van der Waals surface area contributed by atoms with Gasteiger partial charge in [0.1, 0.15) is 0 Å². The first kappa shape index (κ1) is 12.1. The molecule has 1 aromatic carbocycles. The van der Waals surface area contributed by atoms with E-state index in [1.807, 2.05) is 32.0 Å². The predicted molar refractivity (Wildman–Crippen MR) is 67.1 cm³/mol. The van der Waals surface area contributed by atoms with Gasteiger partial charge in [0.2, 0.25) is 0 Å². The summed E-state index contributed by atoms with van der Waals surface area (Å²) in [7, 11) is 0. The molecule has 1 N–H and O–H groups in total. The molecule has 1 aromatic rings. The van der Waals surface area contributed by atoms with Crippen LogP contribution in [0, 0.1) is 13.8 Å². The van der Waals surface area contributed by atoms with Crippen LogP contribution in [0.4, 0.5) is 0 Å². The smallest absolute Gasteiger partial charge is 0.254 e. The lowest BCUT2D eigenvalue weighted by Crippen LogP contribution is -2.37. The Labute approximate surface area is 102 Å². The fraction of sp³-hybridized carbons (Fsp3) is 0.500. The Kier molecular flexibility index (Phi) is 3.48. The van der Waals surface area contributed by atoms with Crippen LogP contribution in [0.5, 0.6) is 0 Å². The molecule has 0 unspecified atom stereocenters. The van der Waals surface area contributed by atoms with E-state index < -0.39 is 0 Å². The van der Waals surface area contributed by atoms with Crippen molar-refractivity contribution >= 4 is 5.91 Å². The number of carbonyl (C=O) groups excluding carboxylic acids is 1. The molecule has 0 aromatic heterocycles. The van der Waals surface area contributed by atoms with Gasteiger partial charge in [0, 0.05) is 12.1 Å². The summed E-state index contributed by atoms with van der Waals surface area (Å²) >= 11 is 0. The standard InChI is InChI=1S/C14H19NO2/c1-10-5-6-12(8-11(10)2)14(17)15-7-3-4-13(15)9-16/h5-6,8,13,16H,3-4,7,9H2,1-2H3/t13-/m0/s1. The molecule has 3 heteroatoms. The van der Waals surface area contributed by atoms with Crippen molar-refractivity contribution in [2.75, 3.05) is 13.2 Å². The molecule has 1 atom stereocenters. The number of hydrogen-bond donors (Lipinski definition) is 1. The number of benzene rings is 1. The molecule has 1 fully saturated rings. The van der Waals surface area contributed by atoms with Crippen molar-refractivity contribution in [2.24, 2.45) is 0 Å². The highest BCUT2D eigenvalue weighted by Crippen LogP contribution is 2.20. The van der Waals surface area contributed by atoms with Gasteiger partial charge in [-0.15, -0.1) is 0 Å². The van der Waals surface area contributed by atoms with Crippen LogP contribution in [-0.2, 0) is 0 Å². The van der Waals surface area contributed by atoms with E-state index in [0.717, 1.165) is 30.5 Å². The van der Waals surface area contributed by atoms with E-state index in [2.05, 4.69) is 0 Å². The monoisotopic (exact) mass is 233 g/mol. The van der Waals surface area contributed by atoms with Gasteiger partial charge < -0.3 is 10.0 Å². The van der Waals surface area contributed by atoms with Crippen LogP contribution in [0.2, 0.25) is 0 Å². The summed E-state index contributed by atoms with van der Waals surface area (Å²) in [5, 5.41) is 9.24. The fourth-order valence-electron chi connectivity index (χ4n) is 2.33. The lowest BCUT2D eigenvalue weighted by molar-refractivity contribution is 0.0677. The number of rotatable bonds is 2. The molecule has 2 rings (SSSR count). The largest absolute Gasteiger partial charge is 0.394 e. The first-order chi connectivity index (χ1) is 8.13. The van der Waals surface area contributed by atoms with E-state index in [9.17, 15) is 9.90 Å². The summed E-state index contributed by atoms with van der Waals surface area (Å²) in [6.07, 6.45) is 1.90. The van der Waals surface area contributed by atoms with E-state index in [4.69, 9.17) is 0 Å². The number of carbonyl (C=O) groups is 1. The van der Waals surface area contributed by atoms with Gasteiger partial charge in [-0.25, -0.2) is 0 Å². The Morgan fingerprint density at radius 1 is 1.41 bits per heavy atom. The molecule has 1 saturated heterocycles. The molecule has 1 aliphatic rings. The van der Waals surface area contributed by atoms with Gasteiger partial charge in [-0.2, -0.15) is 0 Å². The maximum absolute atomic E-state index is 12.3. The fourth-order valence-corrected chi connectivity index (χ4v) is 2.33. The number of hydrogen-bond acceptors (Lipinski definition) is 2. The van der Waals surface area contributed by atoms with E-state index in [-0.39, 0.29) is 18.6 Å². The predicted octanol–water partition coefficient (Wildman–Crippen LogP) is 1.90. The van der Waals surface area contributed by atoms with Gasteiger partial charge in [-0.3, -0.25) is 4.79 Å². The number of likely N-dealkylation sites (tertiary alicyclic amines) is 1. The third kappa shape index (κ3) is 2.34. The molecular formula is C14H19NO2. The minimum absolute atomic E-state index is 0.00380. The highest BCUT2D eigenvalue weighted by atomic mass is 16.3. The van der Waals surface area contributed by atoms with Crippen molar-refractivity contribution < 1.29 is 9.90 Å². The molecule has 1 heterocycles. The number of aliphatic hydroxyl groups excluding tert-OH is 1. The maximum atomic E-state index is 12.3. The molecule has 1 aliphatic heterocycles. The van der Waals surface area contributed by atoms with Crippen LogP contribution in [0.1, 0.15) is 34.3 Å². The van der Waals surface area contributed by atoms with Gasteiger partial charge in [0.05, 0.1) is 12.6 Å². The molecular weight excluding hydrogens is 214 g/mol. The summed E-state index contributed by atoms with van der Waals surface area (Å²) < 4.78 is 0. The first-order valence-electron chi connectivity index (χ1n) is 6.12. The van der Waals surface area contributed by atoms with E-state index in [1.54, 1.807) is 4.90 Å². The molecule has 0 radical (unpaired) electrons. The number of amides is 1. The van der Waals surface area contributed by atoms with Crippen LogP contribution in [0.3, 0.4) is 0 Å². The molecule has 1 amide bonds. The second kappa shape index (κ2) is 4.88. The second-order valence-corrected chi connectivity index (χ2v) is 4.78. The van der Waals surface area contributed by atoms with Gasteiger partial charge in [-0.05, 0) is 49.9 Å². The number of aryl methyl sites for hydroxylation is 2. The summed E-state index contributed by atoms with van der Waals surface area (Å²) in [6, 6.07) is 5.79. The lowest BCUT2D eigenvalue weighted by atomic mass is 10.1. The van der Waals surface area contributed by atoms with Crippen LogP contribution < -0.4 is 0 Å². The number of aliphatic hydroxyl groups is 1. The topological polar surface area (TPSA) is 40.5 Å². The summed E-state index contributed by atoms with van der Waals surface area (Å²) in [6.45, 7) is 4.88. The zero-order chi connectivity index (χ0) is 12.4. The Bertz CT molecular complexity index is 428. The van der Waals surface area contributed by atoms with Crippen molar-refractivity contribution in [2.45, 2.75) is 32.7 Å². The van der Waals surface area contributed by atoms with E-state index >= 15 is 0 Å². The highest BCUT2D eigenvalue weighted by Gasteiger charge is 2.28. The van der Waals surface area contributed by atoms with Crippen LogP contribution >= 0.6 is 0 Å². The minimum Gasteiger partial charge on any atom is -0.394 e. The maximum Gasteiger partial charge on any atom is 0.254 e. The third-order valence-corrected chi connectivity index (χ3v) is 3.60. The van der Waals surface area contributed by atoms with Crippen LogP contribution in [0.15, 0.2) is 18.2 Å². The molecule has 0 bridgehead atoms. The zero-order valence-electron chi connectivity index (χ0n) is 10.4. The zero-order valence-corrected chi connectivity index (χ0v) is 10.4. The van der Waals surface area contributed by atoms with Crippen molar-refractivity contribution in [1.82, 2.24) is 4.90 Å². The summed E-state index contributed by atoms with van der Waals surface area (Å²) in [5.74, 6) is 0.0460. The van der Waals surface area contributed by atoms with Crippen molar-refractivity contribution in [3.63, 3.8) is 0 Å². The lowest BCUT2D eigenvalue weighted by Gasteiger charge is -2.23. The average Bonchev–Trinajstić information content (AvgIpc) is 2.80. The van der Waals surface area contributed by atoms with Crippen molar-refractivity contribution in [3.8, 4) is 0 Å². The SMILES string of the molecule is Cc1ccc(C(=O)N2CCC[C@H]2CO)cc1C.